The van der Waals surface area contributed by atoms with Gasteiger partial charge in [0.05, 0.1) is 4.90 Å². The molecule has 0 bridgehead atoms. The molecule has 0 heterocycles. The van der Waals surface area contributed by atoms with Crippen LogP contribution in [0.2, 0.25) is 0 Å². The van der Waals surface area contributed by atoms with Crippen LogP contribution in [-0.2, 0) is 16.4 Å². The van der Waals surface area contributed by atoms with Crippen molar-refractivity contribution in [3.8, 4) is 0 Å². The van der Waals surface area contributed by atoms with Crippen molar-refractivity contribution in [2.24, 2.45) is 5.41 Å². The lowest BCUT2D eigenvalue weighted by Gasteiger charge is -2.25. The summed E-state index contributed by atoms with van der Waals surface area (Å²) in [5, 5.41) is 0.0127. The van der Waals surface area contributed by atoms with E-state index in [0.717, 1.165) is 12.0 Å². The van der Waals surface area contributed by atoms with Crippen molar-refractivity contribution in [3.05, 3.63) is 29.8 Å². The Balaban J connectivity index is 2.85. The maximum absolute atomic E-state index is 12.0. The third kappa shape index (κ3) is 5.08. The van der Waals surface area contributed by atoms with Crippen LogP contribution in [-0.4, -0.2) is 19.8 Å². The van der Waals surface area contributed by atoms with Gasteiger partial charge in [0, 0.05) is 11.4 Å². The average molecular weight is 318 g/mol. The molecular weight excluding hydrogens is 294 g/mol. The Kier molecular flexibility index (Phi) is 5.64. The summed E-state index contributed by atoms with van der Waals surface area (Å²) in [6, 6.07) is 6.80. The van der Waals surface area contributed by atoms with E-state index in [1.54, 1.807) is 26.0 Å². The molecule has 0 aromatic heterocycles. The van der Waals surface area contributed by atoms with E-state index in [2.05, 4.69) is 25.5 Å². The molecule has 0 spiro atoms. The Morgan fingerprint density at radius 1 is 1.15 bits per heavy atom. The van der Waals surface area contributed by atoms with Gasteiger partial charge in [-0.3, -0.25) is 0 Å². The van der Waals surface area contributed by atoms with E-state index in [0.29, 0.717) is 0 Å². The van der Waals surface area contributed by atoms with Gasteiger partial charge in [0.1, 0.15) is 0 Å². The van der Waals surface area contributed by atoms with Gasteiger partial charge < -0.3 is 0 Å². The van der Waals surface area contributed by atoms with E-state index in [1.807, 2.05) is 12.1 Å². The van der Waals surface area contributed by atoms with Crippen LogP contribution in [0.25, 0.3) is 0 Å². The zero-order valence-electron chi connectivity index (χ0n) is 12.8. The van der Waals surface area contributed by atoms with Crippen LogP contribution in [0.5, 0.6) is 0 Å². The first kappa shape index (κ1) is 17.5. The number of nitrogens with one attached hydrogen (secondary N) is 1. The SMILES string of the molecule is CC(C)NS(=O)(=O)c1ccc(CC(Cl)C(C)(C)C)cc1. The summed E-state index contributed by atoms with van der Waals surface area (Å²) in [6.07, 6.45) is 0.725. The molecular formula is C15H24ClNO2S. The molecule has 0 amide bonds. The summed E-state index contributed by atoms with van der Waals surface area (Å²) in [5.74, 6) is 0. The van der Waals surface area contributed by atoms with Gasteiger partial charge in [0.2, 0.25) is 10.0 Å². The van der Waals surface area contributed by atoms with Crippen LogP contribution in [0.1, 0.15) is 40.2 Å². The molecule has 1 N–H and O–H groups in total. The Morgan fingerprint density at radius 2 is 1.65 bits per heavy atom. The lowest BCUT2D eigenvalue weighted by Crippen LogP contribution is -2.30. The number of hydrogen-bond acceptors (Lipinski definition) is 2. The molecule has 0 saturated heterocycles. The Bertz CT molecular complexity index is 530. The Hall–Kier alpha value is -0.580. The topological polar surface area (TPSA) is 46.2 Å². The zero-order valence-corrected chi connectivity index (χ0v) is 14.3. The first-order chi connectivity index (χ1) is 9.02. The fourth-order valence-corrected chi connectivity index (χ4v) is 3.13. The maximum Gasteiger partial charge on any atom is 0.240 e. The minimum Gasteiger partial charge on any atom is -0.209 e. The van der Waals surface area contributed by atoms with Gasteiger partial charge in [0.25, 0.3) is 0 Å². The zero-order chi connectivity index (χ0) is 15.6. The van der Waals surface area contributed by atoms with Crippen LogP contribution >= 0.6 is 11.6 Å². The van der Waals surface area contributed by atoms with E-state index >= 15 is 0 Å². The number of halogens is 1. The molecule has 0 radical (unpaired) electrons. The summed E-state index contributed by atoms with van der Waals surface area (Å²) in [5.41, 5.74) is 1.06. The monoisotopic (exact) mass is 317 g/mol. The smallest absolute Gasteiger partial charge is 0.209 e. The molecule has 1 aromatic rings. The van der Waals surface area contributed by atoms with Crippen molar-refractivity contribution in [2.75, 3.05) is 0 Å². The van der Waals surface area contributed by atoms with Crippen LogP contribution in [0, 0.1) is 5.41 Å². The standard InChI is InChI=1S/C15H24ClNO2S/c1-11(2)17-20(18,19)13-8-6-12(7-9-13)10-14(16)15(3,4)5/h6-9,11,14,17H,10H2,1-5H3. The molecule has 0 aliphatic heterocycles. The molecule has 0 fully saturated rings. The van der Waals surface area contributed by atoms with Gasteiger partial charge in [-0.25, -0.2) is 13.1 Å². The first-order valence-electron chi connectivity index (χ1n) is 6.78. The van der Waals surface area contributed by atoms with Gasteiger partial charge in [-0.2, -0.15) is 0 Å². The van der Waals surface area contributed by atoms with Crippen molar-refractivity contribution in [2.45, 2.75) is 57.4 Å². The second kappa shape index (κ2) is 6.46. The molecule has 1 unspecified atom stereocenters. The summed E-state index contributed by atoms with van der Waals surface area (Å²) in [7, 11) is -3.42. The Labute approximate surface area is 127 Å². The van der Waals surface area contributed by atoms with E-state index in [-0.39, 0.29) is 21.7 Å². The fourth-order valence-electron chi connectivity index (χ4n) is 1.70. The second-order valence-electron chi connectivity index (χ2n) is 6.46. The number of sulfonamides is 1. The van der Waals surface area contributed by atoms with Crippen molar-refractivity contribution < 1.29 is 8.42 Å². The minimum atomic E-state index is -3.42. The number of hydrogen-bond donors (Lipinski definition) is 1. The molecule has 20 heavy (non-hydrogen) atoms. The highest BCUT2D eigenvalue weighted by atomic mass is 35.5. The highest BCUT2D eigenvalue weighted by Crippen LogP contribution is 2.27. The van der Waals surface area contributed by atoms with Crippen LogP contribution in [0.3, 0.4) is 0 Å². The van der Waals surface area contributed by atoms with E-state index < -0.39 is 10.0 Å². The molecule has 0 aliphatic rings. The maximum atomic E-state index is 12.0. The molecule has 114 valence electrons. The molecule has 0 saturated carbocycles. The fraction of sp³-hybridized carbons (Fsp3) is 0.600. The summed E-state index contributed by atoms with van der Waals surface area (Å²) < 4.78 is 26.6. The molecule has 1 rings (SSSR count). The predicted octanol–water partition coefficient (Wildman–Crippen LogP) is 3.57. The van der Waals surface area contributed by atoms with Crippen molar-refractivity contribution in [1.82, 2.24) is 4.72 Å². The van der Waals surface area contributed by atoms with Crippen molar-refractivity contribution in [3.63, 3.8) is 0 Å². The number of alkyl halides is 1. The van der Waals surface area contributed by atoms with E-state index in [9.17, 15) is 8.42 Å². The molecule has 5 heteroatoms. The van der Waals surface area contributed by atoms with Crippen molar-refractivity contribution >= 4 is 21.6 Å². The lowest BCUT2D eigenvalue weighted by molar-refractivity contribution is 0.386. The molecule has 3 nitrogen and oxygen atoms in total. The first-order valence-corrected chi connectivity index (χ1v) is 8.69. The third-order valence-electron chi connectivity index (χ3n) is 2.98. The van der Waals surface area contributed by atoms with Crippen molar-refractivity contribution in [1.29, 1.82) is 0 Å². The summed E-state index contributed by atoms with van der Waals surface area (Å²) in [6.45, 7) is 9.88. The number of benzene rings is 1. The second-order valence-corrected chi connectivity index (χ2v) is 8.70. The molecule has 1 aromatic carbocycles. The third-order valence-corrected chi connectivity index (χ3v) is 5.46. The van der Waals surface area contributed by atoms with Gasteiger partial charge in [-0.15, -0.1) is 11.6 Å². The summed E-state index contributed by atoms with van der Waals surface area (Å²) >= 11 is 6.36. The van der Waals surface area contributed by atoms with Crippen LogP contribution in [0.4, 0.5) is 0 Å². The predicted molar refractivity (Wildman–Crippen MR) is 84.7 cm³/mol. The quantitative estimate of drug-likeness (QED) is 0.844. The van der Waals surface area contributed by atoms with E-state index in [1.165, 1.54) is 0 Å². The highest BCUT2D eigenvalue weighted by molar-refractivity contribution is 7.89. The Morgan fingerprint density at radius 3 is 2.05 bits per heavy atom. The largest absolute Gasteiger partial charge is 0.240 e. The van der Waals surface area contributed by atoms with Crippen LogP contribution < -0.4 is 4.72 Å². The summed E-state index contributed by atoms with van der Waals surface area (Å²) in [4.78, 5) is 0.289. The highest BCUT2D eigenvalue weighted by Gasteiger charge is 2.22. The van der Waals surface area contributed by atoms with Gasteiger partial charge in [0.15, 0.2) is 0 Å². The van der Waals surface area contributed by atoms with Gasteiger partial charge >= 0.3 is 0 Å². The normalized spacial score (nSPS) is 14.6. The average Bonchev–Trinajstić information content (AvgIpc) is 2.26. The molecule has 1 atom stereocenters. The lowest BCUT2D eigenvalue weighted by atomic mass is 9.88. The number of rotatable bonds is 5. The van der Waals surface area contributed by atoms with Gasteiger partial charge in [-0.1, -0.05) is 32.9 Å². The van der Waals surface area contributed by atoms with Crippen LogP contribution in [0.15, 0.2) is 29.2 Å². The van der Waals surface area contributed by atoms with Gasteiger partial charge in [-0.05, 0) is 43.4 Å². The van der Waals surface area contributed by atoms with E-state index in [4.69, 9.17) is 11.6 Å². The molecule has 0 aliphatic carbocycles. The minimum absolute atomic E-state index is 0.0127.